The van der Waals surface area contributed by atoms with E-state index in [1.165, 1.54) is 0 Å². The molecule has 5 heteroatoms. The van der Waals surface area contributed by atoms with Crippen LogP contribution in [-0.4, -0.2) is 29.8 Å². The van der Waals surface area contributed by atoms with Gasteiger partial charge >= 0.3 is 0 Å². The Labute approximate surface area is 121 Å². The molecule has 0 saturated heterocycles. The fraction of sp³-hybridized carbons (Fsp3) is 0.462. The third-order valence-corrected chi connectivity index (χ3v) is 4.26. The van der Waals surface area contributed by atoms with Crippen LogP contribution in [0.1, 0.15) is 18.4 Å². The van der Waals surface area contributed by atoms with Gasteiger partial charge in [0.1, 0.15) is 4.99 Å². The maximum Gasteiger partial charge on any atom is 0.104 e. The topological polar surface area (TPSA) is 49.5 Å². The molecule has 0 radical (unpaired) electrons. The van der Waals surface area contributed by atoms with Crippen LogP contribution in [0.2, 0.25) is 0 Å². The first kappa shape index (κ1) is 13.8. The third kappa shape index (κ3) is 3.02. The van der Waals surface area contributed by atoms with Crippen molar-refractivity contribution in [1.82, 2.24) is 0 Å². The highest BCUT2D eigenvalue weighted by Crippen LogP contribution is 2.32. The van der Waals surface area contributed by atoms with Crippen LogP contribution in [0.25, 0.3) is 0 Å². The van der Waals surface area contributed by atoms with Crippen molar-refractivity contribution in [1.29, 1.82) is 0 Å². The molecule has 3 nitrogen and oxygen atoms in total. The van der Waals surface area contributed by atoms with E-state index in [4.69, 9.17) is 18.0 Å². The average molecular weight is 329 g/mol. The summed E-state index contributed by atoms with van der Waals surface area (Å²) in [6, 6.07) is 5.91. The molecule has 1 aliphatic rings. The number of halogens is 1. The van der Waals surface area contributed by atoms with Gasteiger partial charge in [0.25, 0.3) is 0 Å². The third-order valence-electron chi connectivity index (χ3n) is 3.39. The van der Waals surface area contributed by atoms with Crippen LogP contribution in [0, 0.1) is 5.92 Å². The van der Waals surface area contributed by atoms with Crippen molar-refractivity contribution in [2.45, 2.75) is 18.9 Å². The van der Waals surface area contributed by atoms with Crippen LogP contribution >= 0.6 is 28.1 Å². The fourth-order valence-electron chi connectivity index (χ4n) is 2.30. The maximum atomic E-state index is 9.30. The molecule has 1 aromatic carbocycles. The molecule has 18 heavy (non-hydrogen) atoms. The summed E-state index contributed by atoms with van der Waals surface area (Å²) < 4.78 is 0.996. The minimum absolute atomic E-state index is 0.0937. The van der Waals surface area contributed by atoms with Crippen molar-refractivity contribution < 1.29 is 5.11 Å². The lowest BCUT2D eigenvalue weighted by molar-refractivity contribution is 0.0465. The number of benzene rings is 1. The first-order chi connectivity index (χ1) is 8.47. The lowest BCUT2D eigenvalue weighted by atomic mass is 9.82. The van der Waals surface area contributed by atoms with Crippen LogP contribution in [0.3, 0.4) is 0 Å². The molecule has 1 aromatic rings. The average Bonchev–Trinajstić information content (AvgIpc) is 2.26. The number of thiocarbonyl (C=S) groups is 1. The molecular formula is C13H17BrN2OS. The van der Waals surface area contributed by atoms with E-state index in [0.29, 0.717) is 10.9 Å². The second kappa shape index (κ2) is 5.55. The number of aliphatic hydroxyl groups is 1. The molecule has 0 spiro atoms. The number of nitrogens with zero attached hydrogens (tertiary/aromatic N) is 1. The molecular weight excluding hydrogens is 312 g/mol. The van der Waals surface area contributed by atoms with Gasteiger partial charge in [0, 0.05) is 23.6 Å². The summed E-state index contributed by atoms with van der Waals surface area (Å²) in [7, 11) is 2.06. The number of hydrogen-bond acceptors (Lipinski definition) is 3. The molecule has 0 amide bonds. The van der Waals surface area contributed by atoms with Crippen LogP contribution in [0.15, 0.2) is 22.7 Å². The van der Waals surface area contributed by atoms with Gasteiger partial charge in [0.2, 0.25) is 0 Å². The van der Waals surface area contributed by atoms with Gasteiger partial charge in [0.15, 0.2) is 0 Å². The largest absolute Gasteiger partial charge is 0.393 e. The SMILES string of the molecule is CN(CC1CC(O)C1)c1ccc(C(N)=S)cc1Br. The van der Waals surface area contributed by atoms with Gasteiger partial charge in [-0.25, -0.2) is 0 Å². The minimum Gasteiger partial charge on any atom is -0.393 e. The smallest absolute Gasteiger partial charge is 0.104 e. The Kier molecular flexibility index (Phi) is 4.25. The van der Waals surface area contributed by atoms with E-state index in [0.717, 1.165) is 35.1 Å². The maximum absolute atomic E-state index is 9.30. The summed E-state index contributed by atoms with van der Waals surface area (Å²) in [5.41, 5.74) is 7.59. The Hall–Kier alpha value is -0.650. The number of aliphatic hydroxyl groups excluding tert-OH is 1. The first-order valence-corrected chi connectivity index (χ1v) is 7.16. The van der Waals surface area contributed by atoms with Crippen molar-refractivity contribution in [2.24, 2.45) is 11.7 Å². The van der Waals surface area contributed by atoms with Gasteiger partial charge in [-0.1, -0.05) is 12.2 Å². The summed E-state index contributed by atoms with van der Waals surface area (Å²) in [5.74, 6) is 0.590. The van der Waals surface area contributed by atoms with Crippen molar-refractivity contribution >= 4 is 38.8 Å². The van der Waals surface area contributed by atoms with Gasteiger partial charge in [-0.2, -0.15) is 0 Å². The van der Waals surface area contributed by atoms with Crippen molar-refractivity contribution in [3.63, 3.8) is 0 Å². The molecule has 0 atom stereocenters. The van der Waals surface area contributed by atoms with E-state index in [9.17, 15) is 5.11 Å². The summed E-state index contributed by atoms with van der Waals surface area (Å²) in [6.45, 7) is 0.960. The molecule has 98 valence electrons. The molecule has 0 unspecified atom stereocenters. The van der Waals surface area contributed by atoms with Gasteiger partial charge in [-0.3, -0.25) is 0 Å². The predicted octanol–water partition coefficient (Wildman–Crippen LogP) is 2.29. The van der Waals surface area contributed by atoms with Crippen molar-refractivity contribution in [2.75, 3.05) is 18.5 Å². The highest BCUT2D eigenvalue weighted by atomic mass is 79.9. The fourth-order valence-corrected chi connectivity index (χ4v) is 3.11. The molecule has 0 heterocycles. The molecule has 0 bridgehead atoms. The molecule has 1 saturated carbocycles. The minimum atomic E-state index is -0.0937. The molecule has 0 aromatic heterocycles. The van der Waals surface area contributed by atoms with Gasteiger partial charge < -0.3 is 15.7 Å². The summed E-state index contributed by atoms with van der Waals surface area (Å²) in [6.07, 6.45) is 1.73. The number of hydrogen-bond donors (Lipinski definition) is 2. The molecule has 3 N–H and O–H groups in total. The van der Waals surface area contributed by atoms with E-state index in [-0.39, 0.29) is 6.10 Å². The number of nitrogens with two attached hydrogens (primary N) is 1. The van der Waals surface area contributed by atoms with Gasteiger partial charge in [0.05, 0.1) is 11.8 Å². The van der Waals surface area contributed by atoms with Gasteiger partial charge in [-0.05, 0) is 52.9 Å². The Balaban J connectivity index is 2.05. The van der Waals surface area contributed by atoms with Crippen LogP contribution in [0.4, 0.5) is 5.69 Å². The lowest BCUT2D eigenvalue weighted by Gasteiger charge is -2.35. The Morgan fingerprint density at radius 2 is 2.22 bits per heavy atom. The van der Waals surface area contributed by atoms with Gasteiger partial charge in [-0.15, -0.1) is 0 Å². The second-order valence-corrected chi connectivity index (χ2v) is 6.20. The van der Waals surface area contributed by atoms with E-state index in [1.54, 1.807) is 0 Å². The predicted molar refractivity (Wildman–Crippen MR) is 82.0 cm³/mol. The molecule has 2 rings (SSSR count). The highest BCUT2D eigenvalue weighted by molar-refractivity contribution is 9.10. The van der Waals surface area contributed by atoms with Crippen molar-refractivity contribution in [3.8, 4) is 0 Å². The normalized spacial score (nSPS) is 22.4. The first-order valence-electron chi connectivity index (χ1n) is 5.96. The Morgan fingerprint density at radius 1 is 1.56 bits per heavy atom. The zero-order valence-corrected chi connectivity index (χ0v) is 12.7. The highest BCUT2D eigenvalue weighted by Gasteiger charge is 2.28. The zero-order valence-electron chi connectivity index (χ0n) is 10.3. The number of rotatable bonds is 4. The van der Waals surface area contributed by atoms with E-state index in [2.05, 4.69) is 27.9 Å². The van der Waals surface area contributed by atoms with E-state index < -0.39 is 0 Å². The van der Waals surface area contributed by atoms with E-state index in [1.807, 2.05) is 18.2 Å². The van der Waals surface area contributed by atoms with Crippen LogP contribution < -0.4 is 10.6 Å². The zero-order chi connectivity index (χ0) is 13.3. The summed E-state index contributed by atoms with van der Waals surface area (Å²) >= 11 is 8.51. The summed E-state index contributed by atoms with van der Waals surface area (Å²) in [5, 5.41) is 9.30. The van der Waals surface area contributed by atoms with Crippen LogP contribution in [-0.2, 0) is 0 Å². The summed E-state index contributed by atoms with van der Waals surface area (Å²) in [4.78, 5) is 2.61. The quantitative estimate of drug-likeness (QED) is 0.832. The lowest BCUT2D eigenvalue weighted by Crippen LogP contribution is -2.37. The van der Waals surface area contributed by atoms with Crippen molar-refractivity contribution in [3.05, 3.63) is 28.2 Å². The van der Waals surface area contributed by atoms with Crippen LogP contribution in [0.5, 0.6) is 0 Å². The molecule has 1 aliphatic carbocycles. The standard InChI is InChI=1S/C13H17BrN2OS/c1-16(7-8-4-10(17)5-8)12-3-2-9(13(15)18)6-11(12)14/h2-3,6,8,10,17H,4-5,7H2,1H3,(H2,15,18). The monoisotopic (exact) mass is 328 g/mol. The van der Waals surface area contributed by atoms with E-state index >= 15 is 0 Å². The Morgan fingerprint density at radius 3 is 2.72 bits per heavy atom. The molecule has 0 aliphatic heterocycles. The Bertz CT molecular complexity index is 460. The second-order valence-electron chi connectivity index (χ2n) is 4.90. The molecule has 1 fully saturated rings. The number of anilines is 1.